The van der Waals surface area contributed by atoms with Gasteiger partial charge in [0.25, 0.3) is 5.91 Å². The van der Waals surface area contributed by atoms with Gasteiger partial charge in [-0.05, 0) is 42.0 Å². The number of hydrogen-bond donors (Lipinski definition) is 2. The molecule has 0 aliphatic carbocycles. The lowest BCUT2D eigenvalue weighted by molar-refractivity contribution is -0.116. The Kier molecular flexibility index (Phi) is 6.18. The van der Waals surface area contributed by atoms with Crippen LogP contribution >= 0.6 is 0 Å². The van der Waals surface area contributed by atoms with E-state index in [4.69, 9.17) is 0 Å². The monoisotopic (exact) mass is 410 g/mol. The number of carbonyl (C=O) groups excluding carboxylic acids is 2. The third-order valence-electron chi connectivity index (χ3n) is 4.83. The molecule has 4 rings (SSSR count). The van der Waals surface area contributed by atoms with Gasteiger partial charge in [0.15, 0.2) is 0 Å². The van der Waals surface area contributed by atoms with E-state index in [9.17, 15) is 9.59 Å². The largest absolute Gasteiger partial charge is 0.345 e. The molecular formula is C25H22N4O2. The summed E-state index contributed by atoms with van der Waals surface area (Å²) in [6.07, 6.45) is 3.64. The average molecular weight is 410 g/mol. The lowest BCUT2D eigenvalue weighted by atomic mass is 10.0. The first-order valence-corrected chi connectivity index (χ1v) is 10.00. The van der Waals surface area contributed by atoms with E-state index in [2.05, 4.69) is 15.7 Å². The Labute approximate surface area is 180 Å². The normalized spacial score (nSPS) is 11.5. The molecule has 31 heavy (non-hydrogen) atoms. The fourth-order valence-corrected chi connectivity index (χ4v) is 3.31. The van der Waals surface area contributed by atoms with Crippen molar-refractivity contribution < 1.29 is 9.59 Å². The number of rotatable bonds is 7. The van der Waals surface area contributed by atoms with Crippen molar-refractivity contribution in [3.05, 3.63) is 115 Å². The fraction of sp³-hybridized carbons (Fsp3) is 0.0800. The summed E-state index contributed by atoms with van der Waals surface area (Å²) in [6.45, 7) is 0. The van der Waals surface area contributed by atoms with Gasteiger partial charge in [0.05, 0.1) is 18.2 Å². The van der Waals surface area contributed by atoms with E-state index < -0.39 is 6.04 Å². The van der Waals surface area contributed by atoms with Gasteiger partial charge in [-0.3, -0.25) is 9.59 Å². The topological polar surface area (TPSA) is 76.0 Å². The molecule has 2 amide bonds. The van der Waals surface area contributed by atoms with Crippen LogP contribution < -0.4 is 10.6 Å². The summed E-state index contributed by atoms with van der Waals surface area (Å²) < 4.78 is 1.72. The van der Waals surface area contributed by atoms with E-state index in [-0.39, 0.29) is 18.2 Å². The molecule has 0 aliphatic heterocycles. The molecule has 6 heteroatoms. The number of nitrogens with one attached hydrogen (secondary N) is 2. The van der Waals surface area contributed by atoms with Gasteiger partial charge in [0.1, 0.15) is 0 Å². The molecule has 0 saturated carbocycles. The second kappa shape index (κ2) is 9.54. The lowest BCUT2D eigenvalue weighted by Crippen LogP contribution is -2.31. The fourth-order valence-electron chi connectivity index (χ4n) is 3.31. The molecule has 1 aromatic heterocycles. The van der Waals surface area contributed by atoms with Crippen molar-refractivity contribution in [1.29, 1.82) is 0 Å². The summed E-state index contributed by atoms with van der Waals surface area (Å²) in [5, 5.41) is 10.1. The average Bonchev–Trinajstić information content (AvgIpc) is 3.35. The summed E-state index contributed by atoms with van der Waals surface area (Å²) in [5.74, 6) is -0.414. The van der Waals surface area contributed by atoms with Gasteiger partial charge < -0.3 is 10.6 Å². The molecule has 0 fully saturated rings. The van der Waals surface area contributed by atoms with Crippen molar-refractivity contribution in [2.24, 2.45) is 0 Å². The molecule has 0 unspecified atom stereocenters. The maximum atomic E-state index is 12.8. The number of aromatic nitrogens is 2. The molecule has 0 radical (unpaired) electrons. The van der Waals surface area contributed by atoms with Crippen LogP contribution in [0.5, 0.6) is 0 Å². The van der Waals surface area contributed by atoms with Crippen LogP contribution in [0, 0.1) is 0 Å². The van der Waals surface area contributed by atoms with Gasteiger partial charge in [-0.2, -0.15) is 5.10 Å². The van der Waals surface area contributed by atoms with Gasteiger partial charge in [-0.1, -0.05) is 54.6 Å². The van der Waals surface area contributed by atoms with Crippen LogP contribution in [0.15, 0.2) is 103 Å². The highest BCUT2D eigenvalue weighted by atomic mass is 16.2. The Bertz CT molecular complexity index is 1140. The first-order chi connectivity index (χ1) is 15.2. The Hall–Kier alpha value is -4.19. The Morgan fingerprint density at radius 3 is 2.32 bits per heavy atom. The van der Waals surface area contributed by atoms with Crippen molar-refractivity contribution in [1.82, 2.24) is 15.1 Å². The molecule has 0 spiro atoms. The van der Waals surface area contributed by atoms with Gasteiger partial charge in [-0.25, -0.2) is 4.68 Å². The zero-order valence-electron chi connectivity index (χ0n) is 16.8. The molecule has 154 valence electrons. The van der Waals surface area contributed by atoms with Gasteiger partial charge in [-0.15, -0.1) is 0 Å². The minimum atomic E-state index is -0.455. The predicted molar refractivity (Wildman–Crippen MR) is 120 cm³/mol. The Morgan fingerprint density at radius 1 is 0.871 bits per heavy atom. The van der Waals surface area contributed by atoms with Gasteiger partial charge in [0.2, 0.25) is 5.91 Å². The van der Waals surface area contributed by atoms with Crippen molar-refractivity contribution in [2.45, 2.75) is 12.5 Å². The molecule has 6 nitrogen and oxygen atoms in total. The number of carbonyl (C=O) groups is 2. The third-order valence-corrected chi connectivity index (χ3v) is 4.83. The second-order valence-electron chi connectivity index (χ2n) is 7.06. The van der Waals surface area contributed by atoms with Crippen molar-refractivity contribution in [2.75, 3.05) is 5.32 Å². The first-order valence-electron chi connectivity index (χ1n) is 10.00. The van der Waals surface area contributed by atoms with Crippen molar-refractivity contribution in [3.63, 3.8) is 0 Å². The molecular weight excluding hydrogens is 388 g/mol. The molecule has 1 atom stereocenters. The predicted octanol–water partition coefficient (Wildman–Crippen LogP) is 4.37. The quantitative estimate of drug-likeness (QED) is 0.475. The number of amides is 2. The smallest absolute Gasteiger partial charge is 0.251 e. The van der Waals surface area contributed by atoms with Crippen LogP contribution in [0.4, 0.5) is 5.69 Å². The van der Waals surface area contributed by atoms with E-state index in [0.717, 1.165) is 11.3 Å². The molecule has 3 aromatic carbocycles. The van der Waals surface area contributed by atoms with Crippen LogP contribution in [-0.2, 0) is 4.79 Å². The van der Waals surface area contributed by atoms with Crippen molar-refractivity contribution in [3.8, 4) is 5.69 Å². The van der Waals surface area contributed by atoms with Crippen LogP contribution in [0.25, 0.3) is 5.69 Å². The van der Waals surface area contributed by atoms with Crippen molar-refractivity contribution >= 4 is 17.5 Å². The SMILES string of the molecule is O=C(C[C@H](NC(=O)c1ccccc1)c1ccccc1)Nc1cccc(-n2cccn2)c1. The summed E-state index contributed by atoms with van der Waals surface area (Å²) in [4.78, 5) is 25.5. The van der Waals surface area contributed by atoms with E-state index in [1.54, 1.807) is 23.0 Å². The number of benzene rings is 3. The first kappa shape index (κ1) is 20.1. The van der Waals surface area contributed by atoms with Crippen LogP contribution in [0.2, 0.25) is 0 Å². The summed E-state index contributed by atoms with van der Waals surface area (Å²) >= 11 is 0. The summed E-state index contributed by atoms with van der Waals surface area (Å²) in [6, 6.07) is 27.3. The van der Waals surface area contributed by atoms with Crippen LogP contribution in [0.3, 0.4) is 0 Å². The van der Waals surface area contributed by atoms with Crippen LogP contribution in [0.1, 0.15) is 28.4 Å². The molecule has 2 N–H and O–H groups in total. The Morgan fingerprint density at radius 2 is 1.61 bits per heavy atom. The minimum absolute atomic E-state index is 0.106. The van der Waals surface area contributed by atoms with Gasteiger partial charge >= 0.3 is 0 Å². The number of nitrogens with zero attached hydrogens (tertiary/aromatic N) is 2. The van der Waals surface area contributed by atoms with E-state index in [1.165, 1.54) is 0 Å². The number of anilines is 1. The molecule has 0 saturated heterocycles. The standard InChI is InChI=1S/C25H22N4O2/c30-24(27-21-13-7-14-22(17-21)29-16-8-15-26-29)18-23(19-9-3-1-4-10-19)28-25(31)20-11-5-2-6-12-20/h1-17,23H,18H2,(H,27,30)(H,28,31)/t23-/m0/s1. The number of hydrogen-bond acceptors (Lipinski definition) is 3. The highest BCUT2D eigenvalue weighted by molar-refractivity contribution is 5.96. The maximum Gasteiger partial charge on any atom is 0.251 e. The molecule has 4 aromatic rings. The van der Waals surface area contributed by atoms with E-state index >= 15 is 0 Å². The highest BCUT2D eigenvalue weighted by Crippen LogP contribution is 2.20. The minimum Gasteiger partial charge on any atom is -0.345 e. The molecule has 1 heterocycles. The second-order valence-corrected chi connectivity index (χ2v) is 7.06. The third kappa shape index (κ3) is 5.25. The Balaban J connectivity index is 1.48. The molecule has 0 aliphatic rings. The highest BCUT2D eigenvalue weighted by Gasteiger charge is 2.19. The van der Waals surface area contributed by atoms with E-state index in [0.29, 0.717) is 11.3 Å². The maximum absolute atomic E-state index is 12.8. The summed E-state index contributed by atoms with van der Waals surface area (Å²) in [5.41, 5.74) is 2.93. The van der Waals surface area contributed by atoms with Crippen LogP contribution in [-0.4, -0.2) is 21.6 Å². The lowest BCUT2D eigenvalue weighted by Gasteiger charge is -2.19. The zero-order valence-corrected chi connectivity index (χ0v) is 16.8. The molecule has 0 bridgehead atoms. The zero-order chi connectivity index (χ0) is 21.5. The van der Waals surface area contributed by atoms with E-state index in [1.807, 2.05) is 85.1 Å². The summed E-state index contributed by atoms with van der Waals surface area (Å²) in [7, 11) is 0. The van der Waals surface area contributed by atoms with Gasteiger partial charge in [0, 0.05) is 23.6 Å².